The first kappa shape index (κ1) is 12.3. The van der Waals surface area contributed by atoms with Crippen LogP contribution in [0.1, 0.15) is 23.6 Å². The molecule has 2 rings (SSSR count). The zero-order valence-electron chi connectivity index (χ0n) is 9.82. The van der Waals surface area contributed by atoms with E-state index in [4.69, 9.17) is 0 Å². The van der Waals surface area contributed by atoms with Gasteiger partial charge in [-0.25, -0.2) is 4.39 Å². The van der Waals surface area contributed by atoms with Gasteiger partial charge in [0.1, 0.15) is 5.82 Å². The molecule has 0 spiro atoms. The molecule has 3 heteroatoms. The number of rotatable bonds is 5. The van der Waals surface area contributed by atoms with Gasteiger partial charge in [0.15, 0.2) is 0 Å². The van der Waals surface area contributed by atoms with Gasteiger partial charge >= 0.3 is 0 Å². The number of hydrogen-bond acceptors (Lipinski definition) is 2. The predicted octanol–water partition coefficient (Wildman–Crippen LogP) is 3.78. The second-order valence-electron chi connectivity index (χ2n) is 4.03. The first-order chi connectivity index (χ1) is 8.31. The molecular weight excluding hydrogens is 233 g/mol. The Morgan fingerprint density at radius 3 is 2.76 bits per heavy atom. The highest BCUT2D eigenvalue weighted by molar-refractivity contribution is 7.07. The highest BCUT2D eigenvalue weighted by Crippen LogP contribution is 2.22. The minimum atomic E-state index is -0.128. The molecule has 1 N–H and O–H groups in total. The minimum Gasteiger partial charge on any atom is -0.313 e. The Morgan fingerprint density at radius 2 is 2.12 bits per heavy atom. The van der Waals surface area contributed by atoms with Crippen molar-refractivity contribution < 1.29 is 4.39 Å². The molecule has 1 aromatic carbocycles. The number of halogens is 1. The fourth-order valence-electron chi connectivity index (χ4n) is 1.96. The van der Waals surface area contributed by atoms with Crippen LogP contribution < -0.4 is 5.32 Å². The van der Waals surface area contributed by atoms with Crippen molar-refractivity contribution >= 4 is 11.3 Å². The van der Waals surface area contributed by atoms with E-state index in [-0.39, 0.29) is 11.9 Å². The van der Waals surface area contributed by atoms with Crippen molar-refractivity contribution in [2.45, 2.75) is 18.9 Å². The van der Waals surface area contributed by atoms with Gasteiger partial charge < -0.3 is 5.32 Å². The molecule has 0 aliphatic rings. The van der Waals surface area contributed by atoms with Crippen LogP contribution in [-0.4, -0.2) is 7.05 Å². The van der Waals surface area contributed by atoms with Crippen LogP contribution in [0.15, 0.2) is 41.1 Å². The van der Waals surface area contributed by atoms with Gasteiger partial charge in [-0.2, -0.15) is 11.3 Å². The van der Waals surface area contributed by atoms with Gasteiger partial charge in [-0.15, -0.1) is 0 Å². The minimum absolute atomic E-state index is 0.0797. The fourth-order valence-corrected chi connectivity index (χ4v) is 2.66. The summed E-state index contributed by atoms with van der Waals surface area (Å²) in [5.41, 5.74) is 2.08. The summed E-state index contributed by atoms with van der Waals surface area (Å²) >= 11 is 1.70. The molecule has 0 amide bonds. The second kappa shape index (κ2) is 5.94. The highest BCUT2D eigenvalue weighted by Gasteiger charge is 2.13. The lowest BCUT2D eigenvalue weighted by Crippen LogP contribution is -2.18. The number of hydrogen-bond donors (Lipinski definition) is 1. The number of nitrogens with one attached hydrogen (secondary N) is 1. The molecule has 1 aromatic heterocycles. The maximum atomic E-state index is 13.7. The molecule has 1 unspecified atom stereocenters. The molecule has 2 aromatic rings. The predicted molar refractivity (Wildman–Crippen MR) is 70.8 cm³/mol. The van der Waals surface area contributed by atoms with Gasteiger partial charge in [-0.05, 0) is 48.3 Å². The summed E-state index contributed by atoms with van der Waals surface area (Å²) in [4.78, 5) is 0. The van der Waals surface area contributed by atoms with Crippen LogP contribution >= 0.6 is 11.3 Å². The molecule has 1 atom stereocenters. The van der Waals surface area contributed by atoms with Crippen molar-refractivity contribution in [2.75, 3.05) is 7.05 Å². The van der Waals surface area contributed by atoms with E-state index >= 15 is 0 Å². The largest absolute Gasteiger partial charge is 0.313 e. The topological polar surface area (TPSA) is 12.0 Å². The van der Waals surface area contributed by atoms with Crippen molar-refractivity contribution in [1.82, 2.24) is 5.32 Å². The SMILES string of the molecule is CNC(CCc1ccsc1)c1ccccc1F. The first-order valence-corrected chi connectivity index (χ1v) is 6.68. The molecule has 0 radical (unpaired) electrons. The summed E-state index contributed by atoms with van der Waals surface area (Å²) in [5.74, 6) is -0.128. The molecular formula is C14H16FNS. The average Bonchev–Trinajstić information content (AvgIpc) is 2.85. The molecule has 0 aliphatic heterocycles. The molecule has 0 fully saturated rings. The Hall–Kier alpha value is -1.19. The molecule has 0 aliphatic carbocycles. The monoisotopic (exact) mass is 249 g/mol. The molecule has 90 valence electrons. The van der Waals surface area contributed by atoms with E-state index in [1.54, 1.807) is 17.4 Å². The van der Waals surface area contributed by atoms with E-state index < -0.39 is 0 Å². The van der Waals surface area contributed by atoms with E-state index in [0.717, 1.165) is 18.4 Å². The van der Waals surface area contributed by atoms with Gasteiger partial charge in [0.05, 0.1) is 0 Å². The van der Waals surface area contributed by atoms with E-state index in [2.05, 4.69) is 22.1 Å². The lowest BCUT2D eigenvalue weighted by molar-refractivity contribution is 0.509. The van der Waals surface area contributed by atoms with Crippen molar-refractivity contribution in [3.8, 4) is 0 Å². The van der Waals surface area contributed by atoms with Crippen LogP contribution in [-0.2, 0) is 6.42 Å². The molecule has 1 nitrogen and oxygen atoms in total. The van der Waals surface area contributed by atoms with Gasteiger partial charge in [-0.3, -0.25) is 0 Å². The maximum absolute atomic E-state index is 13.7. The zero-order chi connectivity index (χ0) is 12.1. The Balaban J connectivity index is 2.04. The van der Waals surface area contributed by atoms with Crippen LogP contribution in [0.3, 0.4) is 0 Å². The summed E-state index contributed by atoms with van der Waals surface area (Å²) in [7, 11) is 1.88. The first-order valence-electron chi connectivity index (χ1n) is 5.74. The highest BCUT2D eigenvalue weighted by atomic mass is 32.1. The molecule has 17 heavy (non-hydrogen) atoms. The van der Waals surface area contributed by atoms with E-state index in [1.807, 2.05) is 19.2 Å². The lowest BCUT2D eigenvalue weighted by atomic mass is 10.00. The molecule has 0 saturated heterocycles. The summed E-state index contributed by atoms with van der Waals surface area (Å²) in [5, 5.41) is 7.41. The molecule has 0 bridgehead atoms. The van der Waals surface area contributed by atoms with E-state index in [1.165, 1.54) is 11.6 Å². The lowest BCUT2D eigenvalue weighted by Gasteiger charge is -2.16. The van der Waals surface area contributed by atoms with Crippen LogP contribution in [0.2, 0.25) is 0 Å². The standard InChI is InChI=1S/C14H16FNS/c1-16-14(7-6-11-8-9-17-10-11)12-4-2-3-5-13(12)15/h2-5,8-10,14,16H,6-7H2,1H3. The Labute approximate surface area is 105 Å². The van der Waals surface area contributed by atoms with Crippen molar-refractivity contribution in [2.24, 2.45) is 0 Å². The van der Waals surface area contributed by atoms with Gasteiger partial charge in [-0.1, -0.05) is 18.2 Å². The average molecular weight is 249 g/mol. The van der Waals surface area contributed by atoms with E-state index in [9.17, 15) is 4.39 Å². The van der Waals surface area contributed by atoms with Gasteiger partial charge in [0.2, 0.25) is 0 Å². The smallest absolute Gasteiger partial charge is 0.127 e. The Bertz CT molecular complexity index is 453. The normalized spacial score (nSPS) is 12.6. The van der Waals surface area contributed by atoms with Crippen molar-refractivity contribution in [3.63, 3.8) is 0 Å². The van der Waals surface area contributed by atoms with Crippen LogP contribution in [0.4, 0.5) is 4.39 Å². The quantitative estimate of drug-likeness (QED) is 0.850. The number of aryl methyl sites for hydroxylation is 1. The Morgan fingerprint density at radius 1 is 1.29 bits per heavy atom. The van der Waals surface area contributed by atoms with Crippen LogP contribution in [0.5, 0.6) is 0 Å². The van der Waals surface area contributed by atoms with Gasteiger partial charge in [0, 0.05) is 11.6 Å². The van der Waals surface area contributed by atoms with Gasteiger partial charge in [0.25, 0.3) is 0 Å². The summed E-state index contributed by atoms with van der Waals surface area (Å²) < 4.78 is 13.7. The number of thiophene rings is 1. The van der Waals surface area contributed by atoms with Crippen LogP contribution in [0, 0.1) is 5.82 Å². The zero-order valence-corrected chi connectivity index (χ0v) is 10.6. The molecule has 0 saturated carbocycles. The third-order valence-corrected chi connectivity index (χ3v) is 3.66. The number of benzene rings is 1. The third kappa shape index (κ3) is 3.14. The summed E-state index contributed by atoms with van der Waals surface area (Å²) in [6.45, 7) is 0. The maximum Gasteiger partial charge on any atom is 0.127 e. The molecule has 1 heterocycles. The second-order valence-corrected chi connectivity index (χ2v) is 4.81. The summed E-state index contributed by atoms with van der Waals surface area (Å²) in [6, 6.07) is 9.18. The summed E-state index contributed by atoms with van der Waals surface area (Å²) in [6.07, 6.45) is 1.89. The van der Waals surface area contributed by atoms with E-state index in [0.29, 0.717) is 0 Å². The van der Waals surface area contributed by atoms with Crippen LogP contribution in [0.25, 0.3) is 0 Å². The fraction of sp³-hybridized carbons (Fsp3) is 0.286. The van der Waals surface area contributed by atoms with Crippen molar-refractivity contribution in [1.29, 1.82) is 0 Å². The third-order valence-electron chi connectivity index (χ3n) is 2.93. The van der Waals surface area contributed by atoms with Crippen molar-refractivity contribution in [3.05, 3.63) is 58.0 Å². The Kier molecular flexibility index (Phi) is 4.29.